The van der Waals surface area contributed by atoms with Gasteiger partial charge in [0.2, 0.25) is 0 Å². The molecule has 0 bridgehead atoms. The molecule has 3 rings (SSSR count). The third-order valence-electron chi connectivity index (χ3n) is 4.04. The molecule has 3 aromatic rings. The summed E-state index contributed by atoms with van der Waals surface area (Å²) in [6, 6.07) is 20.5. The molecule has 29 heavy (non-hydrogen) atoms. The molecule has 0 spiro atoms. The number of nitrogens with one attached hydrogen (secondary N) is 2. The highest BCUT2D eigenvalue weighted by Crippen LogP contribution is 2.24. The van der Waals surface area contributed by atoms with E-state index >= 15 is 0 Å². The number of amides is 2. The van der Waals surface area contributed by atoms with Crippen LogP contribution in [-0.4, -0.2) is 17.9 Å². The zero-order valence-electron chi connectivity index (χ0n) is 15.5. The zero-order chi connectivity index (χ0) is 20.8. The van der Waals surface area contributed by atoms with Gasteiger partial charge in [-0.3, -0.25) is 9.59 Å². The van der Waals surface area contributed by atoms with Crippen LogP contribution in [0.1, 0.15) is 17.3 Å². The summed E-state index contributed by atoms with van der Waals surface area (Å²) in [5.74, 6) is -0.193. The number of hydrogen-bond acceptors (Lipinski definition) is 3. The number of ether oxygens (including phenoxy) is 1. The summed E-state index contributed by atoms with van der Waals surface area (Å²) in [5.41, 5.74) is 1.53. The van der Waals surface area contributed by atoms with Crippen molar-refractivity contribution in [3.63, 3.8) is 0 Å². The van der Waals surface area contributed by atoms with Crippen LogP contribution in [0.3, 0.4) is 0 Å². The fourth-order valence-corrected chi connectivity index (χ4v) is 2.91. The van der Waals surface area contributed by atoms with Crippen LogP contribution in [0.25, 0.3) is 0 Å². The topological polar surface area (TPSA) is 67.4 Å². The van der Waals surface area contributed by atoms with Gasteiger partial charge in [0.15, 0.2) is 6.10 Å². The van der Waals surface area contributed by atoms with Crippen LogP contribution in [0.4, 0.5) is 11.4 Å². The van der Waals surface area contributed by atoms with Gasteiger partial charge >= 0.3 is 0 Å². The normalized spacial score (nSPS) is 11.4. The van der Waals surface area contributed by atoms with Gasteiger partial charge in [-0.15, -0.1) is 0 Å². The first kappa shape index (κ1) is 20.7. The lowest BCUT2D eigenvalue weighted by Gasteiger charge is -2.16. The molecule has 1 unspecified atom stereocenters. The Bertz CT molecular complexity index is 1020. The fraction of sp³-hybridized carbons (Fsp3) is 0.0909. The Labute approximate surface area is 178 Å². The predicted octanol–water partition coefficient (Wildman–Crippen LogP) is 5.65. The molecular weight excluding hydrogens is 411 g/mol. The summed E-state index contributed by atoms with van der Waals surface area (Å²) >= 11 is 12.1. The number of benzene rings is 3. The van der Waals surface area contributed by atoms with Crippen LogP contribution < -0.4 is 15.4 Å². The summed E-state index contributed by atoms with van der Waals surface area (Å²) in [6.45, 7) is 1.64. The molecule has 0 aliphatic rings. The lowest BCUT2D eigenvalue weighted by atomic mass is 10.2. The highest BCUT2D eigenvalue weighted by molar-refractivity contribution is 6.34. The first-order valence-corrected chi connectivity index (χ1v) is 9.57. The van der Waals surface area contributed by atoms with E-state index in [0.717, 1.165) is 0 Å². The maximum Gasteiger partial charge on any atom is 0.265 e. The first-order chi connectivity index (χ1) is 13.9. The summed E-state index contributed by atoms with van der Waals surface area (Å²) in [4.78, 5) is 24.6. The van der Waals surface area contributed by atoms with Gasteiger partial charge in [-0.25, -0.2) is 0 Å². The molecule has 2 N–H and O–H groups in total. The van der Waals surface area contributed by atoms with Crippen LogP contribution in [0.15, 0.2) is 72.8 Å². The summed E-state index contributed by atoms with van der Waals surface area (Å²) in [7, 11) is 0. The van der Waals surface area contributed by atoms with E-state index in [0.29, 0.717) is 32.7 Å². The molecule has 2 amide bonds. The predicted molar refractivity (Wildman–Crippen MR) is 116 cm³/mol. The van der Waals surface area contributed by atoms with Crippen molar-refractivity contribution in [1.29, 1.82) is 0 Å². The highest BCUT2D eigenvalue weighted by atomic mass is 35.5. The molecule has 0 heterocycles. The first-order valence-electron chi connectivity index (χ1n) is 8.82. The largest absolute Gasteiger partial charge is 0.479 e. The Hall–Kier alpha value is -3.02. The van der Waals surface area contributed by atoms with Crippen molar-refractivity contribution in [3.8, 4) is 5.75 Å². The van der Waals surface area contributed by atoms with Crippen LogP contribution in [-0.2, 0) is 4.79 Å². The van der Waals surface area contributed by atoms with E-state index in [1.54, 1.807) is 79.7 Å². The monoisotopic (exact) mass is 428 g/mol. The van der Waals surface area contributed by atoms with Crippen molar-refractivity contribution in [2.24, 2.45) is 0 Å². The zero-order valence-corrected chi connectivity index (χ0v) is 17.0. The van der Waals surface area contributed by atoms with Crippen molar-refractivity contribution < 1.29 is 14.3 Å². The van der Waals surface area contributed by atoms with Crippen molar-refractivity contribution in [3.05, 3.63) is 88.4 Å². The number of halogens is 2. The van der Waals surface area contributed by atoms with Gasteiger partial charge in [0.05, 0.1) is 15.6 Å². The van der Waals surface area contributed by atoms with E-state index in [1.165, 1.54) is 0 Å². The second kappa shape index (κ2) is 9.45. The number of hydrogen-bond donors (Lipinski definition) is 2. The van der Waals surface area contributed by atoms with Crippen LogP contribution in [0.2, 0.25) is 10.0 Å². The minimum atomic E-state index is -0.741. The van der Waals surface area contributed by atoms with Crippen molar-refractivity contribution in [1.82, 2.24) is 0 Å². The van der Waals surface area contributed by atoms with Crippen LogP contribution in [0, 0.1) is 0 Å². The summed E-state index contributed by atoms with van der Waals surface area (Å²) in [5, 5.41) is 6.34. The Morgan fingerprint density at radius 3 is 1.97 bits per heavy atom. The van der Waals surface area contributed by atoms with Gasteiger partial charge in [-0.05, 0) is 55.5 Å². The van der Waals surface area contributed by atoms with Gasteiger partial charge in [-0.1, -0.05) is 47.5 Å². The molecule has 0 radical (unpaired) electrons. The third kappa shape index (κ3) is 5.50. The average Bonchev–Trinajstić information content (AvgIpc) is 2.71. The molecule has 7 heteroatoms. The second-order valence-electron chi connectivity index (χ2n) is 6.19. The van der Waals surface area contributed by atoms with Crippen molar-refractivity contribution >= 4 is 46.4 Å². The van der Waals surface area contributed by atoms with E-state index in [-0.39, 0.29) is 11.8 Å². The van der Waals surface area contributed by atoms with E-state index in [9.17, 15) is 9.59 Å². The van der Waals surface area contributed by atoms with Crippen molar-refractivity contribution in [2.75, 3.05) is 10.6 Å². The van der Waals surface area contributed by atoms with E-state index < -0.39 is 6.10 Å². The lowest BCUT2D eigenvalue weighted by molar-refractivity contribution is -0.122. The third-order valence-corrected chi connectivity index (χ3v) is 4.68. The fourth-order valence-electron chi connectivity index (χ4n) is 2.51. The summed E-state index contributed by atoms with van der Waals surface area (Å²) in [6.07, 6.45) is -0.741. The van der Waals surface area contributed by atoms with E-state index in [1.807, 2.05) is 0 Å². The second-order valence-corrected chi connectivity index (χ2v) is 7.01. The molecular formula is C22H18Cl2N2O3. The molecule has 5 nitrogen and oxygen atoms in total. The Morgan fingerprint density at radius 1 is 0.793 bits per heavy atom. The number of para-hydroxylation sites is 1. The van der Waals surface area contributed by atoms with Gasteiger partial charge < -0.3 is 15.4 Å². The number of anilines is 2. The Kier molecular flexibility index (Phi) is 6.75. The van der Waals surface area contributed by atoms with E-state index in [4.69, 9.17) is 27.9 Å². The van der Waals surface area contributed by atoms with Gasteiger partial charge in [-0.2, -0.15) is 0 Å². The summed E-state index contributed by atoms with van der Waals surface area (Å²) < 4.78 is 5.60. The minimum Gasteiger partial charge on any atom is -0.479 e. The molecule has 0 aliphatic carbocycles. The van der Waals surface area contributed by atoms with Crippen LogP contribution in [0.5, 0.6) is 5.75 Å². The number of rotatable bonds is 6. The van der Waals surface area contributed by atoms with Gasteiger partial charge in [0, 0.05) is 11.4 Å². The molecule has 3 aromatic carbocycles. The molecule has 0 saturated heterocycles. The van der Waals surface area contributed by atoms with Gasteiger partial charge in [0.1, 0.15) is 5.75 Å². The minimum absolute atomic E-state index is 0.311. The van der Waals surface area contributed by atoms with Crippen molar-refractivity contribution in [2.45, 2.75) is 13.0 Å². The van der Waals surface area contributed by atoms with E-state index in [2.05, 4.69) is 10.6 Å². The molecule has 0 fully saturated rings. The Morgan fingerprint density at radius 2 is 1.34 bits per heavy atom. The maximum absolute atomic E-state index is 12.3. The smallest absolute Gasteiger partial charge is 0.265 e. The molecule has 148 valence electrons. The SMILES string of the molecule is CC(Oc1ccccc1Cl)C(=O)Nc1ccc(NC(=O)c2ccccc2Cl)cc1. The highest BCUT2D eigenvalue weighted by Gasteiger charge is 2.16. The van der Waals surface area contributed by atoms with Crippen LogP contribution >= 0.6 is 23.2 Å². The Balaban J connectivity index is 1.58. The quantitative estimate of drug-likeness (QED) is 0.532. The van der Waals surface area contributed by atoms with Gasteiger partial charge in [0.25, 0.3) is 11.8 Å². The maximum atomic E-state index is 12.3. The standard InChI is InChI=1S/C22H18Cl2N2O3/c1-14(29-20-9-5-4-8-19(20)24)21(27)25-15-10-12-16(13-11-15)26-22(28)17-6-2-3-7-18(17)23/h2-14H,1H3,(H,25,27)(H,26,28). The average molecular weight is 429 g/mol. The molecule has 1 atom stereocenters. The lowest BCUT2D eigenvalue weighted by Crippen LogP contribution is -2.30. The molecule has 0 aromatic heterocycles. The molecule has 0 saturated carbocycles. The number of carbonyl (C=O) groups excluding carboxylic acids is 2. The molecule has 0 aliphatic heterocycles. The number of carbonyl (C=O) groups is 2.